The van der Waals surface area contributed by atoms with E-state index in [0.29, 0.717) is 17.7 Å². The molecule has 6 heteroatoms. The van der Waals surface area contributed by atoms with Crippen molar-refractivity contribution in [2.75, 3.05) is 6.61 Å². The lowest BCUT2D eigenvalue weighted by molar-refractivity contribution is -0.137. The third-order valence-electron chi connectivity index (χ3n) is 6.83. The van der Waals surface area contributed by atoms with Crippen LogP contribution in [0.25, 0.3) is 0 Å². The molecule has 1 aliphatic heterocycles. The molecule has 0 aromatic heterocycles. The van der Waals surface area contributed by atoms with Crippen LogP contribution in [0, 0.1) is 17.3 Å². The quantitative estimate of drug-likeness (QED) is 0.317. The minimum atomic E-state index is -2.05. The highest BCUT2D eigenvalue weighted by atomic mass is 28.4. The Hall–Kier alpha value is -1.14. The first-order valence-electron chi connectivity index (χ1n) is 9.88. The third-order valence-corrected chi connectivity index (χ3v) is 12.2. The molecule has 146 valence electrons. The summed E-state index contributed by atoms with van der Waals surface area (Å²) in [5.41, 5.74) is 1.28. The van der Waals surface area contributed by atoms with Crippen molar-refractivity contribution in [3.63, 3.8) is 0 Å². The summed E-state index contributed by atoms with van der Waals surface area (Å²) in [5, 5.41) is 2.82. The molecule has 2 unspecified atom stereocenters. The molecule has 5 nitrogen and oxygen atoms in total. The summed E-state index contributed by atoms with van der Waals surface area (Å²) in [6.07, 6.45) is 5.31. The van der Waals surface area contributed by atoms with Crippen molar-refractivity contribution in [3.8, 4) is 0 Å². The molecule has 0 aromatic carbocycles. The highest BCUT2D eigenvalue weighted by Gasteiger charge is 2.65. The van der Waals surface area contributed by atoms with Crippen molar-refractivity contribution in [1.29, 1.82) is 0 Å². The van der Waals surface area contributed by atoms with Gasteiger partial charge in [-0.3, -0.25) is 4.79 Å². The Balaban J connectivity index is 1.69. The maximum atomic E-state index is 12.1. The predicted molar refractivity (Wildman–Crippen MR) is 103 cm³/mol. The number of nitrogens with one attached hydrogen (secondary N) is 1. The molecule has 1 heterocycles. The molecule has 0 radical (unpaired) electrons. The number of hydrogen-bond acceptors (Lipinski definition) is 4. The third kappa shape index (κ3) is 3.63. The second-order valence-electron chi connectivity index (χ2n) is 9.59. The molecular weight excluding hydrogens is 346 g/mol. The smallest absolute Gasteiger partial charge is 0.332 e. The first-order chi connectivity index (χ1) is 12.0. The molecule has 3 fully saturated rings. The molecule has 0 aromatic rings. The first kappa shape index (κ1) is 19.6. The fourth-order valence-electron chi connectivity index (χ4n) is 4.24. The van der Waals surface area contributed by atoms with Gasteiger partial charge in [-0.15, -0.1) is 0 Å². The van der Waals surface area contributed by atoms with Gasteiger partial charge in [0.2, 0.25) is 5.91 Å². The van der Waals surface area contributed by atoms with Crippen molar-refractivity contribution in [3.05, 3.63) is 11.8 Å². The van der Waals surface area contributed by atoms with E-state index < -0.39 is 14.3 Å². The van der Waals surface area contributed by atoms with Gasteiger partial charge in [-0.05, 0) is 62.1 Å². The summed E-state index contributed by atoms with van der Waals surface area (Å²) in [5.74, 6) is -0.0504. The Labute approximate surface area is 158 Å². The second-order valence-corrected chi connectivity index (χ2v) is 14.2. The van der Waals surface area contributed by atoms with Crippen LogP contribution in [0.15, 0.2) is 11.8 Å². The monoisotopic (exact) mass is 379 g/mol. The molecule has 26 heavy (non-hydrogen) atoms. The Kier molecular flexibility index (Phi) is 4.89. The summed E-state index contributed by atoms with van der Waals surface area (Å²) in [6.45, 7) is 13.2. The molecule has 0 bridgehead atoms. The van der Waals surface area contributed by atoms with Gasteiger partial charge >= 0.3 is 5.97 Å². The minimum Gasteiger partial charge on any atom is -0.463 e. The zero-order valence-corrected chi connectivity index (χ0v) is 18.0. The molecule has 2 saturated carbocycles. The van der Waals surface area contributed by atoms with Crippen molar-refractivity contribution >= 4 is 20.2 Å². The van der Waals surface area contributed by atoms with E-state index in [1.165, 1.54) is 31.4 Å². The van der Waals surface area contributed by atoms with Crippen LogP contribution in [0.3, 0.4) is 0 Å². The van der Waals surface area contributed by atoms with Gasteiger partial charge in [-0.2, -0.15) is 0 Å². The van der Waals surface area contributed by atoms with Crippen LogP contribution in [0.5, 0.6) is 0 Å². The van der Waals surface area contributed by atoms with E-state index in [1.54, 1.807) is 6.92 Å². The maximum absolute atomic E-state index is 12.1. The lowest BCUT2D eigenvalue weighted by Gasteiger charge is -2.45. The van der Waals surface area contributed by atoms with Crippen molar-refractivity contribution in [2.45, 2.75) is 77.6 Å². The van der Waals surface area contributed by atoms with E-state index >= 15 is 0 Å². The Morgan fingerprint density at radius 3 is 2.54 bits per heavy atom. The van der Waals surface area contributed by atoms with E-state index in [4.69, 9.17) is 9.16 Å². The molecule has 1 spiro atoms. The van der Waals surface area contributed by atoms with Gasteiger partial charge in [0.25, 0.3) is 0 Å². The van der Waals surface area contributed by atoms with E-state index in [1.807, 2.05) is 6.92 Å². The van der Waals surface area contributed by atoms with Crippen molar-refractivity contribution < 1.29 is 18.8 Å². The zero-order chi connectivity index (χ0) is 19.3. The summed E-state index contributed by atoms with van der Waals surface area (Å²) >= 11 is 0. The summed E-state index contributed by atoms with van der Waals surface area (Å²) in [7, 11) is -2.05. The van der Waals surface area contributed by atoms with Crippen LogP contribution < -0.4 is 5.32 Å². The lowest BCUT2D eigenvalue weighted by atomic mass is 9.91. The first-order valence-corrected chi connectivity index (χ1v) is 12.5. The van der Waals surface area contributed by atoms with Crippen LogP contribution in [-0.2, 0) is 18.8 Å². The largest absolute Gasteiger partial charge is 0.463 e. The Bertz CT molecular complexity index is 634. The molecule has 1 saturated heterocycles. The summed E-state index contributed by atoms with van der Waals surface area (Å²) in [6, 6.07) is 1.17. The van der Waals surface area contributed by atoms with Gasteiger partial charge in [0.15, 0.2) is 8.32 Å². The number of carbonyl (C=O) groups is 2. The molecule has 3 aliphatic rings. The molecule has 3 rings (SSSR count). The maximum Gasteiger partial charge on any atom is 0.332 e. The normalized spacial score (nSPS) is 31.0. The second kappa shape index (κ2) is 6.48. The average molecular weight is 380 g/mol. The molecule has 2 aliphatic carbocycles. The average Bonchev–Trinajstić information content (AvgIpc) is 3.38. The summed E-state index contributed by atoms with van der Waals surface area (Å²) < 4.78 is 11.7. The van der Waals surface area contributed by atoms with E-state index in [9.17, 15) is 9.59 Å². The van der Waals surface area contributed by atoms with Crippen molar-refractivity contribution in [2.24, 2.45) is 17.3 Å². The molecule has 1 amide bonds. The topological polar surface area (TPSA) is 64.6 Å². The van der Waals surface area contributed by atoms with E-state index in [2.05, 4.69) is 32.6 Å². The predicted octanol–water partition coefficient (Wildman–Crippen LogP) is 3.76. The van der Waals surface area contributed by atoms with Crippen LogP contribution in [0.2, 0.25) is 17.6 Å². The van der Waals surface area contributed by atoms with Crippen LogP contribution in [-0.4, -0.2) is 32.9 Å². The van der Waals surface area contributed by atoms with E-state index in [0.717, 1.165) is 5.92 Å². The van der Waals surface area contributed by atoms with E-state index in [-0.39, 0.29) is 23.0 Å². The van der Waals surface area contributed by atoms with Gasteiger partial charge in [-0.25, -0.2) is 4.79 Å². The number of hydrogen-bond donors (Lipinski definition) is 1. The van der Waals surface area contributed by atoms with Crippen LogP contribution >= 0.6 is 0 Å². The SMILES string of the molecule is CCOC(=O)/C=C1/NC(=O)[C@@H]1[C@@H](C)O[Si](C)(CC1CC12CC2)C(C)(C)C. The molecule has 4 atom stereocenters. The van der Waals surface area contributed by atoms with Crippen molar-refractivity contribution in [1.82, 2.24) is 5.32 Å². The summed E-state index contributed by atoms with van der Waals surface area (Å²) in [4.78, 5) is 23.9. The van der Waals surface area contributed by atoms with Gasteiger partial charge < -0.3 is 14.5 Å². The minimum absolute atomic E-state index is 0.0663. The number of carbonyl (C=O) groups excluding carboxylic acids is 2. The number of rotatable bonds is 7. The van der Waals surface area contributed by atoms with Gasteiger partial charge in [-0.1, -0.05) is 20.8 Å². The van der Waals surface area contributed by atoms with Gasteiger partial charge in [0.1, 0.15) is 5.92 Å². The van der Waals surface area contributed by atoms with Crippen LogP contribution in [0.4, 0.5) is 0 Å². The standard InChI is InChI=1S/C20H33NO4Si/c1-7-24-16(22)10-15-17(18(23)21-15)13(2)25-26(6,19(3,4)5)12-14-11-20(14)8-9-20/h10,13-14,17H,7-9,11-12H2,1-6H3,(H,21,23)/b15-10+/t13-,14?,17-,26?/m1/s1. The highest BCUT2D eigenvalue weighted by Crippen LogP contribution is 2.73. The fraction of sp³-hybridized carbons (Fsp3) is 0.800. The van der Waals surface area contributed by atoms with Gasteiger partial charge in [0, 0.05) is 11.8 Å². The number of amides is 1. The number of ether oxygens (including phenoxy) is 1. The molecule has 1 N–H and O–H groups in total. The van der Waals surface area contributed by atoms with Crippen LogP contribution in [0.1, 0.15) is 53.9 Å². The lowest BCUT2D eigenvalue weighted by Crippen LogP contribution is -2.56. The fourth-order valence-corrected chi connectivity index (χ4v) is 7.77. The number of β-lactam (4-membered cyclic amide) rings is 1. The Morgan fingerprint density at radius 2 is 2.08 bits per heavy atom. The highest BCUT2D eigenvalue weighted by molar-refractivity contribution is 6.75. The zero-order valence-electron chi connectivity index (χ0n) is 17.0. The van der Waals surface area contributed by atoms with Gasteiger partial charge in [0.05, 0.1) is 12.7 Å². The number of esters is 1. The molecular formula is C20H33NO4Si. The Morgan fingerprint density at radius 1 is 1.42 bits per heavy atom.